The van der Waals surface area contributed by atoms with Crippen molar-refractivity contribution in [1.82, 2.24) is 20.0 Å². The molecule has 102 valence electrons. The molecule has 0 aromatic carbocycles. The Kier molecular flexibility index (Phi) is 3.79. The summed E-state index contributed by atoms with van der Waals surface area (Å²) in [6.07, 6.45) is 2.21. The SMILES string of the molecule is CN1CC(=O)N(CCCC(=O)Nc2ccn[nH]2)C1=O. The number of H-pyrrole nitrogens is 1. The van der Waals surface area contributed by atoms with E-state index in [2.05, 4.69) is 15.5 Å². The van der Waals surface area contributed by atoms with Crippen LogP contribution in [0.5, 0.6) is 0 Å². The minimum absolute atomic E-state index is 0.110. The molecule has 0 aliphatic carbocycles. The van der Waals surface area contributed by atoms with Gasteiger partial charge in [-0.1, -0.05) is 0 Å². The predicted octanol–water partition coefficient (Wildman–Crippen LogP) is 0.0224. The third-order valence-electron chi connectivity index (χ3n) is 2.79. The maximum absolute atomic E-state index is 11.6. The zero-order valence-electron chi connectivity index (χ0n) is 10.5. The van der Waals surface area contributed by atoms with Gasteiger partial charge in [0.25, 0.3) is 0 Å². The van der Waals surface area contributed by atoms with Crippen molar-refractivity contribution in [3.05, 3.63) is 12.3 Å². The first-order chi connectivity index (χ1) is 9.08. The van der Waals surface area contributed by atoms with Gasteiger partial charge in [-0.2, -0.15) is 5.10 Å². The van der Waals surface area contributed by atoms with Crippen molar-refractivity contribution >= 4 is 23.7 Å². The first-order valence-corrected chi connectivity index (χ1v) is 5.92. The lowest BCUT2D eigenvalue weighted by Crippen LogP contribution is -2.32. The number of aromatic nitrogens is 2. The summed E-state index contributed by atoms with van der Waals surface area (Å²) in [6.45, 7) is 0.373. The van der Waals surface area contributed by atoms with Crippen molar-refractivity contribution in [1.29, 1.82) is 0 Å². The van der Waals surface area contributed by atoms with Gasteiger partial charge < -0.3 is 10.2 Å². The van der Waals surface area contributed by atoms with E-state index in [1.54, 1.807) is 13.1 Å². The second-order valence-electron chi connectivity index (χ2n) is 4.31. The van der Waals surface area contributed by atoms with Crippen LogP contribution in [0.15, 0.2) is 12.3 Å². The van der Waals surface area contributed by atoms with E-state index in [-0.39, 0.29) is 37.4 Å². The largest absolute Gasteiger partial charge is 0.326 e. The fraction of sp³-hybridized carbons (Fsp3) is 0.455. The maximum Gasteiger partial charge on any atom is 0.326 e. The molecule has 8 heteroatoms. The number of aromatic amines is 1. The summed E-state index contributed by atoms with van der Waals surface area (Å²) in [6, 6.07) is 1.33. The molecule has 0 spiro atoms. The monoisotopic (exact) mass is 265 g/mol. The summed E-state index contributed by atoms with van der Waals surface area (Å²) in [5.74, 6) is 0.122. The van der Waals surface area contributed by atoms with E-state index in [1.807, 2.05) is 0 Å². The third kappa shape index (κ3) is 3.09. The van der Waals surface area contributed by atoms with Crippen molar-refractivity contribution in [2.75, 3.05) is 25.5 Å². The van der Waals surface area contributed by atoms with E-state index in [4.69, 9.17) is 0 Å². The van der Waals surface area contributed by atoms with E-state index in [0.29, 0.717) is 12.2 Å². The maximum atomic E-state index is 11.6. The van der Waals surface area contributed by atoms with Crippen LogP contribution in [0.25, 0.3) is 0 Å². The fourth-order valence-corrected chi connectivity index (χ4v) is 1.82. The molecular weight excluding hydrogens is 250 g/mol. The summed E-state index contributed by atoms with van der Waals surface area (Å²) >= 11 is 0. The van der Waals surface area contributed by atoms with Gasteiger partial charge in [-0.15, -0.1) is 0 Å². The number of likely N-dealkylation sites (N-methyl/N-ethyl adjacent to an activating group) is 1. The molecule has 1 aliphatic rings. The van der Waals surface area contributed by atoms with Crippen LogP contribution < -0.4 is 5.32 Å². The molecule has 8 nitrogen and oxygen atoms in total. The Morgan fingerprint density at radius 1 is 1.53 bits per heavy atom. The zero-order valence-corrected chi connectivity index (χ0v) is 10.5. The van der Waals surface area contributed by atoms with Crippen molar-refractivity contribution < 1.29 is 14.4 Å². The molecule has 0 atom stereocenters. The Hall–Kier alpha value is -2.38. The number of rotatable bonds is 5. The number of carbonyl (C=O) groups is 3. The lowest BCUT2D eigenvalue weighted by Gasteiger charge is -2.13. The first-order valence-electron chi connectivity index (χ1n) is 5.92. The number of nitrogens with zero attached hydrogens (tertiary/aromatic N) is 3. The molecule has 4 amide bonds. The second-order valence-corrected chi connectivity index (χ2v) is 4.31. The van der Waals surface area contributed by atoms with Gasteiger partial charge in [0.1, 0.15) is 12.4 Å². The molecule has 0 saturated carbocycles. The van der Waals surface area contributed by atoms with Crippen LogP contribution in [-0.4, -0.2) is 58.0 Å². The number of hydrogen-bond donors (Lipinski definition) is 2. The van der Waals surface area contributed by atoms with Crippen molar-refractivity contribution in [2.45, 2.75) is 12.8 Å². The molecule has 1 fully saturated rings. The molecular formula is C11H15N5O3. The summed E-state index contributed by atoms with van der Waals surface area (Å²) in [5, 5.41) is 8.94. The fourth-order valence-electron chi connectivity index (χ4n) is 1.82. The topological polar surface area (TPSA) is 98.4 Å². The number of amides is 4. The Morgan fingerprint density at radius 2 is 2.32 bits per heavy atom. The predicted molar refractivity (Wildman–Crippen MR) is 66.2 cm³/mol. The van der Waals surface area contributed by atoms with Gasteiger partial charge in [-0.3, -0.25) is 19.6 Å². The summed E-state index contributed by atoms with van der Waals surface area (Å²) in [4.78, 5) is 37.1. The zero-order chi connectivity index (χ0) is 13.8. The van der Waals surface area contributed by atoms with Crippen LogP contribution in [-0.2, 0) is 9.59 Å². The molecule has 0 unspecified atom stereocenters. The third-order valence-corrected chi connectivity index (χ3v) is 2.79. The standard InChI is InChI=1S/C11H15N5O3/c1-15-7-10(18)16(11(15)19)6-2-3-9(17)13-8-4-5-12-14-8/h4-5H,2-3,6-7H2,1H3,(H2,12,13,14,17). The van der Waals surface area contributed by atoms with E-state index in [9.17, 15) is 14.4 Å². The van der Waals surface area contributed by atoms with Gasteiger partial charge in [0.2, 0.25) is 11.8 Å². The lowest BCUT2D eigenvalue weighted by molar-refractivity contribution is -0.125. The molecule has 1 saturated heterocycles. The van der Waals surface area contributed by atoms with Gasteiger partial charge in [0.05, 0.1) is 6.20 Å². The van der Waals surface area contributed by atoms with E-state index >= 15 is 0 Å². The quantitative estimate of drug-likeness (QED) is 0.733. The molecule has 0 radical (unpaired) electrons. The normalized spacial score (nSPS) is 15.2. The Bertz CT molecular complexity index is 485. The molecule has 2 rings (SSSR count). The van der Waals surface area contributed by atoms with Crippen LogP contribution in [0.4, 0.5) is 10.6 Å². The molecule has 0 bridgehead atoms. The highest BCUT2D eigenvalue weighted by Gasteiger charge is 2.32. The first kappa shape index (κ1) is 13.1. The van der Waals surface area contributed by atoms with E-state index < -0.39 is 0 Å². The van der Waals surface area contributed by atoms with E-state index in [1.165, 1.54) is 16.0 Å². The average Bonchev–Trinajstić information content (AvgIpc) is 2.93. The van der Waals surface area contributed by atoms with Gasteiger partial charge in [-0.25, -0.2) is 4.79 Å². The summed E-state index contributed by atoms with van der Waals surface area (Å²) < 4.78 is 0. The van der Waals surface area contributed by atoms with Crippen molar-refractivity contribution in [2.24, 2.45) is 0 Å². The van der Waals surface area contributed by atoms with Gasteiger partial charge in [0.15, 0.2) is 0 Å². The number of imide groups is 1. The van der Waals surface area contributed by atoms with Crippen molar-refractivity contribution in [3.63, 3.8) is 0 Å². The van der Waals surface area contributed by atoms with Crippen LogP contribution >= 0.6 is 0 Å². The number of carbonyl (C=O) groups excluding carboxylic acids is 3. The Morgan fingerprint density at radius 3 is 2.89 bits per heavy atom. The second kappa shape index (κ2) is 5.51. The van der Waals surface area contributed by atoms with E-state index in [0.717, 1.165) is 0 Å². The number of nitrogens with one attached hydrogen (secondary N) is 2. The molecule has 2 heterocycles. The van der Waals surface area contributed by atoms with Gasteiger partial charge >= 0.3 is 6.03 Å². The molecule has 2 N–H and O–H groups in total. The highest BCUT2D eigenvalue weighted by atomic mass is 16.2. The Labute approximate surface area is 109 Å². The number of anilines is 1. The number of urea groups is 1. The lowest BCUT2D eigenvalue weighted by atomic mass is 10.3. The summed E-state index contributed by atoms with van der Waals surface area (Å²) in [7, 11) is 1.57. The number of hydrogen-bond acceptors (Lipinski definition) is 4. The molecule has 1 aromatic rings. The molecule has 1 aromatic heterocycles. The summed E-state index contributed by atoms with van der Waals surface area (Å²) in [5.41, 5.74) is 0. The smallest absolute Gasteiger partial charge is 0.318 e. The molecule has 1 aliphatic heterocycles. The average molecular weight is 265 g/mol. The van der Waals surface area contributed by atoms with Gasteiger partial charge in [0, 0.05) is 26.1 Å². The van der Waals surface area contributed by atoms with Crippen molar-refractivity contribution in [3.8, 4) is 0 Å². The Balaban J connectivity index is 1.73. The van der Waals surface area contributed by atoms with Crippen LogP contribution in [0.2, 0.25) is 0 Å². The highest BCUT2D eigenvalue weighted by Crippen LogP contribution is 2.09. The van der Waals surface area contributed by atoms with Crippen LogP contribution in [0.3, 0.4) is 0 Å². The van der Waals surface area contributed by atoms with Gasteiger partial charge in [-0.05, 0) is 6.42 Å². The van der Waals surface area contributed by atoms with Crippen LogP contribution in [0, 0.1) is 0 Å². The molecule has 19 heavy (non-hydrogen) atoms. The van der Waals surface area contributed by atoms with Crippen LogP contribution in [0.1, 0.15) is 12.8 Å². The highest BCUT2D eigenvalue weighted by molar-refractivity contribution is 6.01. The minimum Gasteiger partial charge on any atom is -0.318 e. The minimum atomic E-state index is -0.307.